The molecule has 1 aromatic rings. The van der Waals surface area contributed by atoms with Crippen molar-refractivity contribution in [2.24, 2.45) is 4.40 Å². The van der Waals surface area contributed by atoms with Gasteiger partial charge in [-0.2, -0.15) is 8.42 Å². The van der Waals surface area contributed by atoms with E-state index in [9.17, 15) is 13.2 Å². The number of nitrogens with one attached hydrogen (secondary N) is 1. The van der Waals surface area contributed by atoms with Gasteiger partial charge in [0.1, 0.15) is 10.7 Å². The van der Waals surface area contributed by atoms with Crippen LogP contribution in [-0.2, 0) is 14.8 Å². The number of hydrogen-bond acceptors (Lipinski definition) is 5. The van der Waals surface area contributed by atoms with Crippen LogP contribution in [-0.4, -0.2) is 69.7 Å². The molecular formula is C18H26N4O3S. The number of carbonyl (C=O) groups is 1. The fourth-order valence-corrected chi connectivity index (χ4v) is 4.76. The SMILES string of the molecule is CN(CCCC(=O)N(C)C1CCNCC1)C1=NS(=O)(=O)c2ccccc21. The lowest BCUT2D eigenvalue weighted by molar-refractivity contribution is -0.132. The van der Waals surface area contributed by atoms with Gasteiger partial charge < -0.3 is 15.1 Å². The summed E-state index contributed by atoms with van der Waals surface area (Å²) in [5, 5.41) is 3.31. The minimum absolute atomic E-state index is 0.145. The summed E-state index contributed by atoms with van der Waals surface area (Å²) in [6.07, 6.45) is 3.10. The fraction of sp³-hybridized carbons (Fsp3) is 0.556. The van der Waals surface area contributed by atoms with Crippen LogP contribution in [0.5, 0.6) is 0 Å². The van der Waals surface area contributed by atoms with Crippen molar-refractivity contribution in [3.05, 3.63) is 29.8 Å². The maximum Gasteiger partial charge on any atom is 0.285 e. The third kappa shape index (κ3) is 3.91. The van der Waals surface area contributed by atoms with Crippen molar-refractivity contribution in [3.63, 3.8) is 0 Å². The number of benzene rings is 1. The Kier molecular flexibility index (Phi) is 5.62. The number of hydrogen-bond donors (Lipinski definition) is 1. The Morgan fingerprint density at radius 3 is 2.65 bits per heavy atom. The molecule has 26 heavy (non-hydrogen) atoms. The summed E-state index contributed by atoms with van der Waals surface area (Å²) in [5.41, 5.74) is 0.633. The maximum absolute atomic E-state index is 12.4. The Hall–Kier alpha value is -1.93. The van der Waals surface area contributed by atoms with Crippen molar-refractivity contribution in [2.75, 3.05) is 33.7 Å². The van der Waals surface area contributed by atoms with Crippen LogP contribution in [0.25, 0.3) is 0 Å². The van der Waals surface area contributed by atoms with Gasteiger partial charge >= 0.3 is 0 Å². The van der Waals surface area contributed by atoms with Crippen molar-refractivity contribution >= 4 is 21.8 Å². The van der Waals surface area contributed by atoms with E-state index in [1.165, 1.54) is 0 Å². The second kappa shape index (κ2) is 7.75. The summed E-state index contributed by atoms with van der Waals surface area (Å²) in [7, 11) is 0.0939. The lowest BCUT2D eigenvalue weighted by Crippen LogP contribution is -2.44. The molecule has 1 N–H and O–H groups in total. The first-order valence-electron chi connectivity index (χ1n) is 9.02. The molecule has 1 amide bonds. The van der Waals surface area contributed by atoms with E-state index in [1.807, 2.05) is 23.9 Å². The molecule has 142 valence electrons. The third-order valence-electron chi connectivity index (χ3n) is 5.11. The smallest absolute Gasteiger partial charge is 0.285 e. The molecule has 0 aromatic heterocycles. The molecule has 0 aliphatic carbocycles. The van der Waals surface area contributed by atoms with Gasteiger partial charge in [-0.3, -0.25) is 4.79 Å². The Morgan fingerprint density at radius 2 is 1.92 bits per heavy atom. The molecule has 2 aliphatic rings. The van der Waals surface area contributed by atoms with Crippen molar-refractivity contribution < 1.29 is 13.2 Å². The largest absolute Gasteiger partial charge is 0.358 e. The highest BCUT2D eigenvalue weighted by Gasteiger charge is 2.30. The van der Waals surface area contributed by atoms with E-state index in [4.69, 9.17) is 0 Å². The first kappa shape index (κ1) is 18.8. The molecule has 0 radical (unpaired) electrons. The van der Waals surface area contributed by atoms with Gasteiger partial charge in [0, 0.05) is 38.7 Å². The first-order chi connectivity index (χ1) is 12.4. The van der Waals surface area contributed by atoms with E-state index in [0.717, 1.165) is 25.9 Å². The van der Waals surface area contributed by atoms with Crippen LogP contribution < -0.4 is 5.32 Å². The summed E-state index contributed by atoms with van der Waals surface area (Å²) in [6.45, 7) is 2.49. The molecule has 0 saturated carbocycles. The predicted molar refractivity (Wildman–Crippen MR) is 101 cm³/mol. The molecule has 0 atom stereocenters. The zero-order valence-electron chi connectivity index (χ0n) is 15.3. The van der Waals surface area contributed by atoms with Gasteiger partial charge in [-0.15, -0.1) is 4.40 Å². The summed E-state index contributed by atoms with van der Waals surface area (Å²) in [4.78, 5) is 16.4. The first-order valence-corrected chi connectivity index (χ1v) is 10.5. The van der Waals surface area contributed by atoms with Gasteiger partial charge in [-0.25, -0.2) is 0 Å². The predicted octanol–water partition coefficient (Wildman–Crippen LogP) is 1.06. The van der Waals surface area contributed by atoms with Gasteiger partial charge in [0.05, 0.1) is 0 Å². The van der Waals surface area contributed by atoms with E-state index in [-0.39, 0.29) is 10.8 Å². The molecule has 1 fully saturated rings. The number of piperidine rings is 1. The second-order valence-corrected chi connectivity index (χ2v) is 8.47. The van der Waals surface area contributed by atoms with Crippen LogP contribution in [0.1, 0.15) is 31.2 Å². The molecule has 1 saturated heterocycles. The summed E-state index contributed by atoms with van der Waals surface area (Å²) in [6, 6.07) is 7.17. The van der Waals surface area contributed by atoms with Crippen molar-refractivity contribution in [1.29, 1.82) is 0 Å². The van der Waals surface area contributed by atoms with Crippen LogP contribution in [0.2, 0.25) is 0 Å². The van der Waals surface area contributed by atoms with E-state index in [0.29, 0.717) is 36.8 Å². The molecule has 1 aromatic carbocycles. The van der Waals surface area contributed by atoms with Gasteiger partial charge in [0.25, 0.3) is 10.0 Å². The molecule has 0 unspecified atom stereocenters. The average molecular weight is 378 g/mol. The van der Waals surface area contributed by atoms with E-state index < -0.39 is 10.0 Å². The number of nitrogens with zero attached hydrogens (tertiary/aromatic N) is 3. The van der Waals surface area contributed by atoms with Crippen LogP contribution in [0.15, 0.2) is 33.6 Å². The molecule has 0 spiro atoms. The molecule has 0 bridgehead atoms. The molecule has 8 heteroatoms. The summed E-state index contributed by atoms with van der Waals surface area (Å²) < 4.78 is 28.2. The van der Waals surface area contributed by atoms with E-state index in [2.05, 4.69) is 9.71 Å². The lowest BCUT2D eigenvalue weighted by Gasteiger charge is -2.32. The second-order valence-electron chi connectivity index (χ2n) is 6.90. The standard InChI is InChI=1S/C18H26N4O3S/c1-21(18-15-6-3-4-7-16(15)26(24,25)20-18)13-5-8-17(23)22(2)14-9-11-19-12-10-14/h3-4,6-7,14,19H,5,8-13H2,1-2H3. The van der Waals surface area contributed by atoms with Gasteiger partial charge in [-0.1, -0.05) is 12.1 Å². The van der Waals surface area contributed by atoms with Crippen LogP contribution in [0.4, 0.5) is 0 Å². The number of sulfonamides is 1. The zero-order valence-corrected chi connectivity index (χ0v) is 16.1. The molecule has 2 heterocycles. The average Bonchev–Trinajstić information content (AvgIpc) is 2.93. The molecular weight excluding hydrogens is 352 g/mol. The number of amides is 1. The highest BCUT2D eigenvalue weighted by atomic mass is 32.2. The third-order valence-corrected chi connectivity index (χ3v) is 6.43. The number of carbonyl (C=O) groups excluding carboxylic acids is 1. The molecule has 7 nitrogen and oxygen atoms in total. The summed E-state index contributed by atoms with van der Waals surface area (Å²) >= 11 is 0. The fourth-order valence-electron chi connectivity index (χ4n) is 3.51. The monoisotopic (exact) mass is 378 g/mol. The highest BCUT2D eigenvalue weighted by Crippen LogP contribution is 2.27. The van der Waals surface area contributed by atoms with Gasteiger partial charge in [-0.05, 0) is 44.5 Å². The van der Waals surface area contributed by atoms with Crippen molar-refractivity contribution in [2.45, 2.75) is 36.6 Å². The van der Waals surface area contributed by atoms with Crippen molar-refractivity contribution in [1.82, 2.24) is 15.1 Å². The summed E-state index contributed by atoms with van der Waals surface area (Å²) in [5.74, 6) is 0.603. The number of amidine groups is 1. The topological polar surface area (TPSA) is 82.1 Å². The lowest BCUT2D eigenvalue weighted by atomic mass is 10.0. The minimum atomic E-state index is -3.60. The normalized spacial score (nSPS) is 18.9. The van der Waals surface area contributed by atoms with E-state index in [1.54, 1.807) is 24.3 Å². The Morgan fingerprint density at radius 1 is 1.23 bits per heavy atom. The van der Waals surface area contributed by atoms with Crippen LogP contribution in [0, 0.1) is 0 Å². The van der Waals surface area contributed by atoms with E-state index >= 15 is 0 Å². The van der Waals surface area contributed by atoms with Gasteiger partial charge in [0.15, 0.2) is 0 Å². The Bertz CT molecular complexity index is 800. The van der Waals surface area contributed by atoms with Crippen molar-refractivity contribution in [3.8, 4) is 0 Å². The highest BCUT2D eigenvalue weighted by molar-refractivity contribution is 7.90. The number of rotatable bonds is 5. The van der Waals surface area contributed by atoms with Crippen LogP contribution >= 0.6 is 0 Å². The molecule has 3 rings (SSSR count). The quantitative estimate of drug-likeness (QED) is 0.828. The Balaban J connectivity index is 1.55. The maximum atomic E-state index is 12.4. The van der Waals surface area contributed by atoms with Gasteiger partial charge in [0.2, 0.25) is 5.91 Å². The Labute approximate surface area is 155 Å². The molecule has 2 aliphatic heterocycles. The number of fused-ring (bicyclic) bond motifs is 1. The minimum Gasteiger partial charge on any atom is -0.358 e. The zero-order chi connectivity index (χ0) is 18.7. The van der Waals surface area contributed by atoms with Crippen LogP contribution in [0.3, 0.4) is 0 Å².